The number of anilines is 3. The number of likely N-dealkylation sites (tertiary alicyclic amines) is 1. The first-order valence-electron chi connectivity index (χ1n) is 14.4. The number of alkyl halides is 2. The lowest BCUT2D eigenvalue weighted by Crippen LogP contribution is -2.43. The molecule has 4 aromatic rings. The second-order valence-electron chi connectivity index (χ2n) is 10.5. The van der Waals surface area contributed by atoms with Crippen LogP contribution in [0.15, 0.2) is 67.1 Å². The molecule has 12 heteroatoms. The highest BCUT2D eigenvalue weighted by Crippen LogP contribution is 2.28. The highest BCUT2D eigenvalue weighted by molar-refractivity contribution is 6.12. The van der Waals surface area contributed by atoms with Crippen molar-refractivity contribution in [3.63, 3.8) is 0 Å². The quantitative estimate of drug-likeness (QED) is 0.123. The fraction of sp³-hybridized carbons (Fsp3) is 0.312. The molecular formula is C32H33F4N7O. The molecule has 3 N–H and O–H groups in total. The molecule has 0 aliphatic carbocycles. The van der Waals surface area contributed by atoms with E-state index in [4.69, 9.17) is 10.1 Å². The van der Waals surface area contributed by atoms with Crippen molar-refractivity contribution < 1.29 is 22.3 Å². The van der Waals surface area contributed by atoms with Gasteiger partial charge in [-0.25, -0.2) is 27.5 Å². The monoisotopic (exact) mass is 607 g/mol. The number of rotatable bonds is 12. The number of nitrogens with zero attached hydrogens (tertiary/aromatic N) is 4. The van der Waals surface area contributed by atoms with E-state index < -0.39 is 17.6 Å². The molecule has 0 spiro atoms. The van der Waals surface area contributed by atoms with Crippen molar-refractivity contribution in [1.82, 2.24) is 19.9 Å². The third-order valence-electron chi connectivity index (χ3n) is 7.28. The Bertz CT molecular complexity index is 1580. The van der Waals surface area contributed by atoms with Crippen LogP contribution in [-0.2, 0) is 13.0 Å². The van der Waals surface area contributed by atoms with E-state index in [1.54, 1.807) is 66.8 Å². The smallest absolute Gasteiger partial charge is 0.260 e. The number of hydrogen-bond acceptors (Lipinski definition) is 8. The van der Waals surface area contributed by atoms with Crippen molar-refractivity contribution in [2.24, 2.45) is 0 Å². The molecule has 0 saturated carbocycles. The Morgan fingerprint density at radius 1 is 1.09 bits per heavy atom. The van der Waals surface area contributed by atoms with Crippen LogP contribution in [0.3, 0.4) is 0 Å². The van der Waals surface area contributed by atoms with Crippen LogP contribution in [0.5, 0.6) is 5.75 Å². The minimum atomic E-state index is -2.70. The normalized spacial score (nSPS) is 14.7. The van der Waals surface area contributed by atoms with Gasteiger partial charge in [0, 0.05) is 78.3 Å². The molecule has 2 aromatic carbocycles. The van der Waals surface area contributed by atoms with Crippen molar-refractivity contribution in [3.8, 4) is 5.75 Å². The summed E-state index contributed by atoms with van der Waals surface area (Å²) in [5.41, 5.74) is 2.14. The van der Waals surface area contributed by atoms with E-state index in [1.165, 1.54) is 0 Å². The van der Waals surface area contributed by atoms with Gasteiger partial charge in [0.05, 0.1) is 13.2 Å². The fourth-order valence-corrected chi connectivity index (χ4v) is 5.06. The molecule has 5 rings (SSSR count). The molecule has 230 valence electrons. The second-order valence-corrected chi connectivity index (χ2v) is 10.5. The first kappa shape index (κ1) is 30.9. The van der Waals surface area contributed by atoms with Crippen molar-refractivity contribution in [2.45, 2.75) is 38.7 Å². The Morgan fingerprint density at radius 3 is 2.57 bits per heavy atom. The number of ether oxygens (including phenoxy) is 1. The molecule has 3 heterocycles. The van der Waals surface area contributed by atoms with Crippen LogP contribution in [0, 0.1) is 17.0 Å². The van der Waals surface area contributed by atoms with Gasteiger partial charge >= 0.3 is 0 Å². The number of aromatic nitrogens is 3. The molecule has 1 aliphatic rings. The summed E-state index contributed by atoms with van der Waals surface area (Å²) in [6.07, 6.45) is 5.61. The third kappa shape index (κ3) is 7.67. The average Bonchev–Trinajstić information content (AvgIpc) is 3.00. The average molecular weight is 608 g/mol. The largest absolute Gasteiger partial charge is 0.494 e. The van der Waals surface area contributed by atoms with Crippen LogP contribution in [0.1, 0.15) is 42.3 Å². The molecule has 44 heavy (non-hydrogen) atoms. The van der Waals surface area contributed by atoms with Crippen molar-refractivity contribution in [3.05, 3.63) is 101 Å². The summed E-state index contributed by atoms with van der Waals surface area (Å²) < 4.78 is 62.5. The van der Waals surface area contributed by atoms with Gasteiger partial charge in [-0.2, -0.15) is 0 Å². The lowest BCUT2D eigenvalue weighted by atomic mass is 10.1. The SMILES string of the molecule is CCOc1cc(F)c(CNc2ccccc2C(=N)c2ncc(CCN3CCCC(F)(F)C3)c(Nc3ccncc3)n2)c(F)c1. The predicted molar refractivity (Wildman–Crippen MR) is 161 cm³/mol. The van der Waals surface area contributed by atoms with E-state index in [-0.39, 0.29) is 49.0 Å². The summed E-state index contributed by atoms with van der Waals surface area (Å²) in [4.78, 5) is 14.9. The van der Waals surface area contributed by atoms with E-state index >= 15 is 0 Å². The lowest BCUT2D eigenvalue weighted by Gasteiger charge is -2.32. The Balaban J connectivity index is 1.37. The Hall–Kier alpha value is -4.58. The summed E-state index contributed by atoms with van der Waals surface area (Å²) in [7, 11) is 0. The Morgan fingerprint density at radius 2 is 1.84 bits per heavy atom. The molecule has 0 unspecified atom stereocenters. The minimum absolute atomic E-state index is 0.0132. The van der Waals surface area contributed by atoms with E-state index in [2.05, 4.69) is 25.6 Å². The standard InChI is InChI=1S/C32H33F4N7O/c1-2-44-23-16-26(33)25(27(34)17-23)19-39-28-7-4-3-6-24(28)29(37)31-40-18-21(10-15-43-14-5-11-32(35,36)20-43)30(42-31)41-22-8-12-38-13-9-22/h3-4,6-9,12-13,16-18,37,39H,2,5,10-11,14-15,19-20H2,1H3,(H,38,40,41,42). The van der Waals surface area contributed by atoms with E-state index in [9.17, 15) is 17.6 Å². The van der Waals surface area contributed by atoms with Gasteiger partial charge in [0.1, 0.15) is 28.9 Å². The predicted octanol–water partition coefficient (Wildman–Crippen LogP) is 6.59. The number of pyridine rings is 1. The Kier molecular flexibility index (Phi) is 9.69. The zero-order valence-corrected chi connectivity index (χ0v) is 24.2. The number of halogens is 4. The number of nitrogens with one attached hydrogen (secondary N) is 3. The second kappa shape index (κ2) is 13.8. The minimum Gasteiger partial charge on any atom is -0.494 e. The first-order valence-corrected chi connectivity index (χ1v) is 14.4. The summed E-state index contributed by atoms with van der Waals surface area (Å²) in [5, 5.41) is 15.2. The van der Waals surface area contributed by atoms with Crippen molar-refractivity contribution in [1.29, 1.82) is 5.41 Å². The van der Waals surface area contributed by atoms with Crippen molar-refractivity contribution in [2.75, 3.05) is 36.9 Å². The first-order chi connectivity index (χ1) is 21.2. The number of piperidine rings is 1. The van der Waals surface area contributed by atoms with Crippen LogP contribution >= 0.6 is 0 Å². The maximum Gasteiger partial charge on any atom is 0.260 e. The van der Waals surface area contributed by atoms with Gasteiger partial charge in [0.25, 0.3) is 5.92 Å². The molecule has 2 aromatic heterocycles. The van der Waals surface area contributed by atoms with Gasteiger partial charge in [-0.05, 0) is 44.5 Å². The maximum atomic E-state index is 14.7. The van der Waals surface area contributed by atoms with Crippen LogP contribution in [0.4, 0.5) is 34.8 Å². The topological polar surface area (TPSA) is 99.0 Å². The van der Waals surface area contributed by atoms with Crippen molar-refractivity contribution >= 4 is 22.9 Å². The molecule has 1 fully saturated rings. The zero-order valence-electron chi connectivity index (χ0n) is 24.2. The molecule has 8 nitrogen and oxygen atoms in total. The zero-order chi connectivity index (χ0) is 31.1. The molecular weight excluding hydrogens is 574 g/mol. The number of hydrogen-bond donors (Lipinski definition) is 3. The lowest BCUT2D eigenvalue weighted by molar-refractivity contribution is -0.0635. The highest BCUT2D eigenvalue weighted by Gasteiger charge is 2.34. The van der Waals surface area contributed by atoms with Gasteiger partial charge in [-0.15, -0.1) is 0 Å². The molecule has 1 aliphatic heterocycles. The third-order valence-corrected chi connectivity index (χ3v) is 7.28. The summed E-state index contributed by atoms with van der Waals surface area (Å²) >= 11 is 0. The van der Waals surface area contributed by atoms with E-state index in [0.717, 1.165) is 12.1 Å². The summed E-state index contributed by atoms with van der Waals surface area (Å²) in [5.74, 6) is -3.52. The molecule has 0 bridgehead atoms. The Labute approximate surface area is 253 Å². The summed E-state index contributed by atoms with van der Waals surface area (Å²) in [6, 6.07) is 12.7. The maximum absolute atomic E-state index is 14.7. The van der Waals surface area contributed by atoms with Crippen LogP contribution in [-0.4, -0.2) is 57.7 Å². The molecule has 0 radical (unpaired) electrons. The van der Waals surface area contributed by atoms with Crippen LogP contribution < -0.4 is 15.4 Å². The van der Waals surface area contributed by atoms with Crippen LogP contribution in [0.25, 0.3) is 0 Å². The molecule has 0 atom stereocenters. The van der Waals surface area contributed by atoms with E-state index in [0.29, 0.717) is 54.3 Å². The highest BCUT2D eigenvalue weighted by atomic mass is 19.3. The van der Waals surface area contributed by atoms with Gasteiger partial charge in [0.2, 0.25) is 0 Å². The van der Waals surface area contributed by atoms with Gasteiger partial charge in [0.15, 0.2) is 5.82 Å². The van der Waals surface area contributed by atoms with Crippen LogP contribution in [0.2, 0.25) is 0 Å². The molecule has 1 saturated heterocycles. The van der Waals surface area contributed by atoms with E-state index in [1.807, 2.05) is 0 Å². The number of para-hydroxylation sites is 1. The van der Waals surface area contributed by atoms with Gasteiger partial charge in [-0.1, -0.05) is 18.2 Å². The molecule has 0 amide bonds. The fourth-order valence-electron chi connectivity index (χ4n) is 5.06. The number of benzene rings is 2. The summed E-state index contributed by atoms with van der Waals surface area (Å²) in [6.45, 7) is 2.57. The van der Waals surface area contributed by atoms with Gasteiger partial charge in [-0.3, -0.25) is 15.3 Å². The van der Waals surface area contributed by atoms with Gasteiger partial charge < -0.3 is 15.4 Å².